The van der Waals surface area contributed by atoms with Crippen LogP contribution >= 0.6 is 0 Å². The number of aliphatic carboxylic acids is 1. The van der Waals surface area contributed by atoms with Crippen LogP contribution in [-0.2, 0) is 4.79 Å². The van der Waals surface area contributed by atoms with Crippen LogP contribution in [0.3, 0.4) is 0 Å². The predicted molar refractivity (Wildman–Crippen MR) is 60.6 cm³/mol. The summed E-state index contributed by atoms with van der Waals surface area (Å²) in [7, 11) is 3.14. The van der Waals surface area contributed by atoms with Crippen LogP contribution in [0.15, 0.2) is 0 Å². The van der Waals surface area contributed by atoms with E-state index in [2.05, 4.69) is 5.32 Å². The molecule has 2 heterocycles. The van der Waals surface area contributed by atoms with E-state index in [0.29, 0.717) is 0 Å². The Morgan fingerprint density at radius 2 is 2.00 bits per heavy atom. The Morgan fingerprint density at radius 1 is 1.39 bits per heavy atom. The SMILES string of the molecule is CC[C@H](C(=O)O)N1C(=O)N[C@@H]2[C@@H]1N(C)C(=O)N2C. The number of carbonyl (C=O) groups excluding carboxylic acids is 2. The van der Waals surface area contributed by atoms with Crippen molar-refractivity contribution in [2.24, 2.45) is 0 Å². The molecule has 2 N–H and O–H groups in total. The maximum absolute atomic E-state index is 11.9. The third-order valence-corrected chi connectivity index (χ3v) is 3.50. The highest BCUT2D eigenvalue weighted by atomic mass is 16.4. The van der Waals surface area contributed by atoms with Crippen molar-refractivity contribution < 1.29 is 19.5 Å². The third kappa shape index (κ3) is 1.48. The second-order valence-corrected chi connectivity index (χ2v) is 4.48. The minimum Gasteiger partial charge on any atom is -0.480 e. The first kappa shape index (κ1) is 12.5. The fourth-order valence-corrected chi connectivity index (χ4v) is 2.54. The van der Waals surface area contributed by atoms with Gasteiger partial charge in [-0.3, -0.25) is 4.90 Å². The summed E-state index contributed by atoms with van der Waals surface area (Å²) < 4.78 is 0. The average Bonchev–Trinajstić information content (AvgIpc) is 2.73. The van der Waals surface area contributed by atoms with Crippen molar-refractivity contribution in [1.82, 2.24) is 20.0 Å². The van der Waals surface area contributed by atoms with Gasteiger partial charge >= 0.3 is 18.0 Å². The first-order valence-electron chi connectivity index (χ1n) is 5.71. The Bertz CT molecular complexity index is 413. The molecule has 0 aliphatic carbocycles. The molecule has 18 heavy (non-hydrogen) atoms. The molecule has 8 nitrogen and oxygen atoms in total. The topological polar surface area (TPSA) is 93.2 Å². The molecule has 0 saturated carbocycles. The van der Waals surface area contributed by atoms with E-state index in [-0.39, 0.29) is 12.5 Å². The van der Waals surface area contributed by atoms with Crippen LogP contribution < -0.4 is 5.32 Å². The molecule has 0 radical (unpaired) electrons. The molecular weight excluding hydrogens is 240 g/mol. The lowest BCUT2D eigenvalue weighted by Crippen LogP contribution is -2.52. The number of rotatable bonds is 3. The Balaban J connectivity index is 2.34. The van der Waals surface area contributed by atoms with Gasteiger partial charge in [0.15, 0.2) is 0 Å². The molecule has 0 aromatic heterocycles. The van der Waals surface area contributed by atoms with Crippen molar-refractivity contribution in [1.29, 1.82) is 0 Å². The van der Waals surface area contributed by atoms with E-state index >= 15 is 0 Å². The van der Waals surface area contributed by atoms with Crippen molar-refractivity contribution in [3.05, 3.63) is 0 Å². The number of likely N-dealkylation sites (N-methyl/N-ethyl adjacent to an activating group) is 2. The molecule has 4 amide bonds. The zero-order valence-electron chi connectivity index (χ0n) is 10.5. The maximum atomic E-state index is 11.9. The second kappa shape index (κ2) is 4.04. The van der Waals surface area contributed by atoms with E-state index in [1.807, 2.05) is 0 Å². The van der Waals surface area contributed by atoms with E-state index in [4.69, 9.17) is 5.11 Å². The molecular formula is C10H16N4O4. The molecule has 8 heteroatoms. The summed E-state index contributed by atoms with van der Waals surface area (Å²) in [6.07, 6.45) is -0.781. The molecule has 0 aromatic rings. The van der Waals surface area contributed by atoms with Gasteiger partial charge in [-0.15, -0.1) is 0 Å². The lowest BCUT2D eigenvalue weighted by molar-refractivity contribution is -0.143. The number of urea groups is 2. The van der Waals surface area contributed by atoms with Crippen molar-refractivity contribution in [2.45, 2.75) is 31.7 Å². The van der Waals surface area contributed by atoms with Crippen molar-refractivity contribution in [2.75, 3.05) is 14.1 Å². The zero-order chi connectivity index (χ0) is 13.6. The number of fused-ring (bicyclic) bond motifs is 1. The zero-order valence-corrected chi connectivity index (χ0v) is 10.5. The number of nitrogens with zero attached hydrogens (tertiary/aromatic N) is 3. The Labute approximate surface area is 104 Å². The van der Waals surface area contributed by atoms with Gasteiger partial charge in [0.2, 0.25) is 0 Å². The number of amides is 4. The van der Waals surface area contributed by atoms with E-state index in [9.17, 15) is 14.4 Å². The summed E-state index contributed by atoms with van der Waals surface area (Å²) in [6, 6.07) is -1.62. The van der Waals surface area contributed by atoms with E-state index < -0.39 is 30.4 Å². The molecule has 0 spiro atoms. The summed E-state index contributed by atoms with van der Waals surface area (Å²) in [6.45, 7) is 1.69. The normalized spacial score (nSPS) is 28.5. The summed E-state index contributed by atoms with van der Waals surface area (Å²) in [5.74, 6) is -1.07. The summed E-state index contributed by atoms with van der Waals surface area (Å²) in [5, 5.41) is 11.8. The third-order valence-electron chi connectivity index (χ3n) is 3.50. The first-order valence-corrected chi connectivity index (χ1v) is 5.71. The molecule has 2 saturated heterocycles. The first-order chi connectivity index (χ1) is 8.40. The van der Waals surface area contributed by atoms with Crippen LogP contribution in [0.25, 0.3) is 0 Å². The smallest absolute Gasteiger partial charge is 0.326 e. The fourth-order valence-electron chi connectivity index (χ4n) is 2.54. The van der Waals surface area contributed by atoms with E-state index in [0.717, 1.165) is 0 Å². The fraction of sp³-hybridized carbons (Fsp3) is 0.700. The summed E-state index contributed by atoms with van der Waals surface area (Å²) in [4.78, 5) is 38.9. The standard InChI is InChI=1S/C10H16N4O4/c1-4-5(8(15)16)14-7-6(11-9(14)17)12(2)10(18)13(7)3/h5-7H,4H2,1-3H3,(H,11,17)(H,15,16)/t5-,6+,7-/m1/s1. The van der Waals surface area contributed by atoms with Gasteiger partial charge in [0.1, 0.15) is 18.4 Å². The number of carboxylic acid groups (broad SMARTS) is 1. The molecule has 0 unspecified atom stereocenters. The van der Waals surface area contributed by atoms with E-state index in [1.165, 1.54) is 14.7 Å². The van der Waals surface area contributed by atoms with Crippen LogP contribution in [-0.4, -0.2) is 70.3 Å². The molecule has 2 aliphatic rings. The summed E-state index contributed by atoms with van der Waals surface area (Å²) in [5.41, 5.74) is 0. The number of hydrogen-bond acceptors (Lipinski definition) is 3. The lowest BCUT2D eigenvalue weighted by Gasteiger charge is -2.30. The Kier molecular flexibility index (Phi) is 2.80. The molecule has 2 fully saturated rings. The van der Waals surface area contributed by atoms with Crippen molar-refractivity contribution in [3.63, 3.8) is 0 Å². The second-order valence-electron chi connectivity index (χ2n) is 4.48. The molecule has 100 valence electrons. The van der Waals surface area contributed by atoms with Gasteiger partial charge in [0, 0.05) is 14.1 Å². The van der Waals surface area contributed by atoms with Gasteiger partial charge in [0.05, 0.1) is 0 Å². The van der Waals surface area contributed by atoms with Gasteiger partial charge < -0.3 is 20.2 Å². The highest BCUT2D eigenvalue weighted by Crippen LogP contribution is 2.29. The van der Waals surface area contributed by atoms with Gasteiger partial charge in [0.25, 0.3) is 0 Å². The van der Waals surface area contributed by atoms with Crippen LogP contribution in [0, 0.1) is 0 Å². The lowest BCUT2D eigenvalue weighted by atomic mass is 10.2. The minimum atomic E-state index is -1.07. The monoisotopic (exact) mass is 256 g/mol. The van der Waals surface area contributed by atoms with Gasteiger partial charge in [-0.05, 0) is 6.42 Å². The molecule has 0 bridgehead atoms. The van der Waals surface area contributed by atoms with Crippen molar-refractivity contribution >= 4 is 18.0 Å². The molecule has 2 rings (SSSR count). The Hall–Kier alpha value is -1.99. The summed E-state index contributed by atoms with van der Waals surface area (Å²) >= 11 is 0. The number of carboxylic acids is 1. The van der Waals surface area contributed by atoms with Crippen molar-refractivity contribution in [3.8, 4) is 0 Å². The van der Waals surface area contributed by atoms with Crippen LogP contribution in [0.1, 0.15) is 13.3 Å². The van der Waals surface area contributed by atoms with Crippen LogP contribution in [0.2, 0.25) is 0 Å². The number of hydrogen-bond donors (Lipinski definition) is 2. The highest BCUT2D eigenvalue weighted by molar-refractivity contribution is 5.88. The molecule has 2 aliphatic heterocycles. The number of nitrogens with one attached hydrogen (secondary N) is 1. The average molecular weight is 256 g/mol. The van der Waals surface area contributed by atoms with Crippen LogP contribution in [0.4, 0.5) is 9.59 Å². The Morgan fingerprint density at radius 3 is 2.50 bits per heavy atom. The molecule has 0 aromatic carbocycles. The predicted octanol–water partition coefficient (Wildman–Crippen LogP) is -0.476. The molecule has 3 atom stereocenters. The quantitative estimate of drug-likeness (QED) is 0.713. The van der Waals surface area contributed by atoms with E-state index in [1.54, 1.807) is 21.0 Å². The van der Waals surface area contributed by atoms with Gasteiger partial charge in [-0.25, -0.2) is 14.4 Å². The van der Waals surface area contributed by atoms with Gasteiger partial charge in [-0.2, -0.15) is 0 Å². The maximum Gasteiger partial charge on any atom is 0.326 e. The number of carbonyl (C=O) groups is 3. The highest BCUT2D eigenvalue weighted by Gasteiger charge is 2.55. The largest absolute Gasteiger partial charge is 0.480 e. The van der Waals surface area contributed by atoms with Gasteiger partial charge in [-0.1, -0.05) is 6.92 Å². The minimum absolute atomic E-state index is 0.241. The van der Waals surface area contributed by atoms with Crippen LogP contribution in [0.5, 0.6) is 0 Å².